The minimum atomic E-state index is -4.65. The second-order valence-electron chi connectivity index (χ2n) is 29.3. The van der Waals surface area contributed by atoms with Gasteiger partial charge in [-0.2, -0.15) is 13.2 Å². The topological polar surface area (TPSA) is 321 Å². The van der Waals surface area contributed by atoms with Crippen LogP contribution in [0.25, 0.3) is 0 Å². The Kier molecular flexibility index (Phi) is 51.1. The summed E-state index contributed by atoms with van der Waals surface area (Å²) in [5.74, 6) is -2.04. The minimum Gasteiger partial charge on any atom is -0.461 e. The van der Waals surface area contributed by atoms with Crippen molar-refractivity contribution in [2.24, 2.45) is 59.2 Å². The lowest BCUT2D eigenvalue weighted by atomic mass is 9.86. The smallest absolute Gasteiger partial charge is 0.417 e. The summed E-state index contributed by atoms with van der Waals surface area (Å²) in [5.41, 5.74) is 2.01. The molecule has 0 bridgehead atoms. The van der Waals surface area contributed by atoms with Gasteiger partial charge < -0.3 is 71.0 Å². The number of nitrogens with one attached hydrogen (secondary N) is 1. The average Bonchev–Trinajstić information content (AvgIpc) is 0.820. The first kappa shape index (κ1) is 96.6. The highest BCUT2D eigenvalue weighted by Crippen LogP contribution is 2.39. The number of esters is 2. The second-order valence-corrected chi connectivity index (χ2v) is 29.3. The van der Waals surface area contributed by atoms with Crippen molar-refractivity contribution < 1.29 is 98.0 Å². The van der Waals surface area contributed by atoms with Gasteiger partial charge in [0.25, 0.3) is 0 Å². The number of Topliss-reactive ketones (excluding diaryl/α,β-unsaturated/α-hetero) is 1. The molecule has 104 heavy (non-hydrogen) atoms. The number of allylic oxidation sites excluding steroid dienone is 8. The molecule has 594 valence electrons. The highest BCUT2D eigenvalue weighted by molar-refractivity contribution is 5.82. The maximum atomic E-state index is 13.2. The van der Waals surface area contributed by atoms with E-state index in [2.05, 4.69) is 5.32 Å². The summed E-state index contributed by atoms with van der Waals surface area (Å²) >= 11 is 0. The number of alkyl halides is 3. The molecule has 21 heteroatoms. The SMILES string of the molecule is C/C1=C/[C@@H](C)[C@H](O)[C@@H](CO)/C=C/CC/C=C/C(=O)OC1.C/C1=C/[C@@H](C)[C@H](O)[C@@H](CO)/C=C/CCCCC(=O)CC1.C/C1=C/[C@@H](C)[C@H](O)[C@@H](CO)/C=C/CCCCC(=O)NC1.C/C1=C/[C@@H](C)[C@H](O)[C@@H](CO)/C=C/CCCCC(=O)OC1.C/C1=C/[C@@H](C)[C@H](O)[C@@H](CO)/C=C/CCCCC(O)(C(F)(F)F)CC1. The van der Waals surface area contributed by atoms with E-state index in [4.69, 9.17) is 9.47 Å². The Bertz CT molecular complexity index is 2620. The van der Waals surface area contributed by atoms with Gasteiger partial charge in [-0.25, -0.2) is 4.79 Å². The van der Waals surface area contributed by atoms with Crippen molar-refractivity contribution >= 4 is 23.6 Å². The maximum Gasteiger partial charge on any atom is 0.417 e. The molecule has 1 unspecified atom stereocenters. The fourth-order valence-corrected chi connectivity index (χ4v) is 12.6. The number of amides is 1. The van der Waals surface area contributed by atoms with Gasteiger partial charge in [-0.05, 0) is 161 Å². The zero-order valence-electron chi connectivity index (χ0n) is 64.2. The number of aliphatic hydroxyl groups is 11. The fraction of sp³-hybridized carbons (Fsp3) is 0.687. The second kappa shape index (κ2) is 55.0. The largest absolute Gasteiger partial charge is 0.461 e. The lowest BCUT2D eigenvalue weighted by Gasteiger charge is -2.31. The molecule has 16 atom stereocenters. The Morgan fingerprint density at radius 3 is 1.17 bits per heavy atom. The number of ether oxygens (including phenoxy) is 2. The zero-order valence-corrected chi connectivity index (χ0v) is 64.2. The van der Waals surface area contributed by atoms with Crippen LogP contribution in [0.3, 0.4) is 0 Å². The summed E-state index contributed by atoms with van der Waals surface area (Å²) in [6.45, 7) is 19.4. The molecular formula is C83H134F3NO17. The van der Waals surface area contributed by atoms with Crippen molar-refractivity contribution in [3.8, 4) is 0 Å². The molecular weight excluding hydrogens is 1340 g/mol. The van der Waals surface area contributed by atoms with Crippen LogP contribution < -0.4 is 5.32 Å². The van der Waals surface area contributed by atoms with Crippen LogP contribution in [0.1, 0.15) is 210 Å². The van der Waals surface area contributed by atoms with Gasteiger partial charge in [0.15, 0.2) is 5.60 Å². The van der Waals surface area contributed by atoms with Crippen LogP contribution in [0, 0.1) is 59.2 Å². The first-order valence-electron chi connectivity index (χ1n) is 38.0. The molecule has 0 fully saturated rings. The number of carbonyl (C=O) groups is 4. The summed E-state index contributed by atoms with van der Waals surface area (Å²) in [4.78, 5) is 46.2. The fourth-order valence-electron chi connectivity index (χ4n) is 12.6. The Morgan fingerprint density at radius 2 is 0.760 bits per heavy atom. The van der Waals surface area contributed by atoms with Crippen LogP contribution >= 0.6 is 0 Å². The quantitative estimate of drug-likeness (QED) is 0.0899. The molecule has 5 rings (SSSR count). The number of cyclic esters (lactones) is 2. The van der Waals surface area contributed by atoms with Gasteiger partial charge in [0.2, 0.25) is 5.91 Å². The Hall–Kier alpha value is -5.43. The van der Waals surface area contributed by atoms with Crippen LogP contribution in [-0.2, 0) is 28.7 Å². The first-order chi connectivity index (χ1) is 49.3. The highest BCUT2D eigenvalue weighted by Gasteiger charge is 2.52. The Labute approximate surface area is 620 Å². The van der Waals surface area contributed by atoms with Crippen molar-refractivity contribution in [1.29, 1.82) is 0 Å². The number of carbonyl (C=O) groups excluding carboxylic acids is 4. The summed E-state index contributed by atoms with van der Waals surface area (Å²) in [6.07, 6.45) is 37.1. The van der Waals surface area contributed by atoms with Crippen LogP contribution in [0.4, 0.5) is 13.2 Å². The molecule has 0 aromatic carbocycles. The van der Waals surface area contributed by atoms with Crippen LogP contribution in [0.5, 0.6) is 0 Å². The molecule has 12 N–H and O–H groups in total. The predicted molar refractivity (Wildman–Crippen MR) is 405 cm³/mol. The van der Waals surface area contributed by atoms with Crippen molar-refractivity contribution in [2.75, 3.05) is 52.8 Å². The standard InChI is InChI=1S/C18H29F3O3.C17H28O3.C16H27NO3.C16H26O4.C16H24O4/c1-13-8-10-17(24,18(19,20)21)9-6-4-3-5-7-15(12-22)16(23)14(2)11-13;1-13-9-10-16(19)8-6-4-3-5-7-15(12-18)17(20)14(2)11-13;1-12-9-13(2)16(20)14(11-18)7-5-3-4-6-8-15(19)17-10-12;2*1-12-9-13(2)16(19)14(10-17)7-5-3-4-6-8-15(18)20-11-12/h5,7,11,14-16,22-24H,3-4,6,8-10,12H2,1-2H3;5,7,11,14-15,17-18,20H,3-4,6,8-10,12H2,1-2H3;5,7,9,13-14,16,18,20H,3-4,6,8,10-11H2,1-2H3,(H,17,19);5,7,9,13-14,16-17,19H,3-4,6,8,10-11H2,1-2H3;5-9,13-14,16-17,19H,3-4,10-11H2,1-2H3/b2*7-5+,13-11-;2*7-5+,12-9-;7-5+,8-6+,12-9-/t14-,15-,16+,17?;14-,15-,17+;3*13-,14-,16+/m11111/s1. The van der Waals surface area contributed by atoms with E-state index in [0.29, 0.717) is 56.4 Å². The lowest BCUT2D eigenvalue weighted by Crippen LogP contribution is -2.45. The number of hydrogen-bond donors (Lipinski definition) is 12. The van der Waals surface area contributed by atoms with E-state index < -0.39 is 42.3 Å². The van der Waals surface area contributed by atoms with Gasteiger partial charge in [-0.1, -0.05) is 149 Å². The Morgan fingerprint density at radius 1 is 0.413 bits per heavy atom. The normalized spacial score (nSPS) is 35.5. The van der Waals surface area contributed by atoms with Crippen molar-refractivity contribution in [1.82, 2.24) is 5.32 Å². The van der Waals surface area contributed by atoms with E-state index in [9.17, 15) is 88.5 Å². The van der Waals surface area contributed by atoms with E-state index >= 15 is 0 Å². The number of hydrogen-bond acceptors (Lipinski definition) is 17. The van der Waals surface area contributed by atoms with Gasteiger partial charge in [-0.15, -0.1) is 0 Å². The van der Waals surface area contributed by atoms with E-state index in [1.54, 1.807) is 38.2 Å². The molecule has 18 nitrogen and oxygen atoms in total. The number of halogens is 3. The molecule has 1 amide bonds. The van der Waals surface area contributed by atoms with E-state index in [1.807, 2.05) is 128 Å². The molecule has 0 saturated heterocycles. The number of ketones is 1. The third-order valence-corrected chi connectivity index (χ3v) is 19.4. The van der Waals surface area contributed by atoms with Crippen LogP contribution in [0.2, 0.25) is 0 Å². The maximum absolute atomic E-state index is 13.2. The molecule has 0 saturated carbocycles. The molecule has 5 aliphatic rings. The van der Waals surface area contributed by atoms with Crippen LogP contribution in [-0.4, -0.2) is 175 Å². The van der Waals surface area contributed by atoms with Crippen molar-refractivity contribution in [3.63, 3.8) is 0 Å². The first-order valence-corrected chi connectivity index (χ1v) is 38.0. The lowest BCUT2D eigenvalue weighted by molar-refractivity contribution is -0.265. The molecule has 0 aromatic heterocycles. The van der Waals surface area contributed by atoms with E-state index in [1.165, 1.54) is 6.08 Å². The number of rotatable bonds is 5. The third kappa shape index (κ3) is 41.6. The summed E-state index contributed by atoms with van der Waals surface area (Å²) in [7, 11) is 0. The molecule has 3 aliphatic heterocycles. The van der Waals surface area contributed by atoms with Crippen molar-refractivity contribution in [3.05, 3.63) is 131 Å². The van der Waals surface area contributed by atoms with Gasteiger partial charge in [-0.3, -0.25) is 14.4 Å². The van der Waals surface area contributed by atoms with Gasteiger partial charge >= 0.3 is 18.1 Å². The predicted octanol–water partition coefficient (Wildman–Crippen LogP) is 12.7. The monoisotopic (exact) mass is 1470 g/mol. The van der Waals surface area contributed by atoms with E-state index in [0.717, 1.165) is 99.3 Å². The minimum absolute atomic E-state index is 0.0187. The summed E-state index contributed by atoms with van der Waals surface area (Å²) in [5, 5.41) is 111. The summed E-state index contributed by atoms with van der Waals surface area (Å²) < 4.78 is 49.9. The van der Waals surface area contributed by atoms with Gasteiger partial charge in [0, 0.05) is 97.5 Å². The molecule has 0 radical (unpaired) electrons. The van der Waals surface area contributed by atoms with Gasteiger partial charge in [0.1, 0.15) is 19.0 Å². The molecule has 3 heterocycles. The third-order valence-electron chi connectivity index (χ3n) is 19.4. The number of aliphatic hydroxyl groups excluding tert-OH is 10. The average molecular weight is 1470 g/mol. The van der Waals surface area contributed by atoms with Crippen LogP contribution in [0.15, 0.2) is 131 Å². The Balaban J connectivity index is 0.000000651. The molecule has 2 aliphatic carbocycles. The molecule has 0 aromatic rings. The summed E-state index contributed by atoms with van der Waals surface area (Å²) in [6, 6.07) is 0. The van der Waals surface area contributed by atoms with Crippen molar-refractivity contribution in [2.45, 2.75) is 253 Å². The zero-order chi connectivity index (χ0) is 78.2. The van der Waals surface area contributed by atoms with E-state index in [-0.39, 0.29) is 149 Å². The highest BCUT2D eigenvalue weighted by atomic mass is 19.4. The molecule has 0 spiro atoms. The van der Waals surface area contributed by atoms with Gasteiger partial charge in [0.05, 0.1) is 63.6 Å².